The van der Waals surface area contributed by atoms with Gasteiger partial charge in [-0.2, -0.15) is 0 Å². The molecule has 1 aliphatic rings. The Morgan fingerprint density at radius 1 is 1.10 bits per heavy atom. The highest BCUT2D eigenvalue weighted by Crippen LogP contribution is 2.19. The second-order valence-corrected chi connectivity index (χ2v) is 5.16. The van der Waals surface area contributed by atoms with E-state index >= 15 is 0 Å². The molecule has 108 valence electrons. The molecule has 0 atom stereocenters. The van der Waals surface area contributed by atoms with E-state index in [1.165, 1.54) is 0 Å². The smallest absolute Gasteiger partial charge is 0.215 e. The van der Waals surface area contributed by atoms with E-state index in [2.05, 4.69) is 20.2 Å². The molecule has 1 N–H and O–H groups in total. The van der Waals surface area contributed by atoms with E-state index in [-0.39, 0.29) is 5.78 Å². The average Bonchev–Trinajstić information content (AvgIpc) is 2.56. The van der Waals surface area contributed by atoms with Crippen molar-refractivity contribution in [1.82, 2.24) is 15.3 Å². The van der Waals surface area contributed by atoms with E-state index in [1.54, 1.807) is 12.4 Å². The van der Waals surface area contributed by atoms with Crippen LogP contribution in [0.25, 0.3) is 0 Å². The number of ketones is 1. The number of anilines is 1. The highest BCUT2D eigenvalue weighted by atomic mass is 16.1. The fourth-order valence-corrected chi connectivity index (χ4v) is 2.44. The van der Waals surface area contributed by atoms with Crippen molar-refractivity contribution in [3.63, 3.8) is 0 Å². The van der Waals surface area contributed by atoms with Crippen LogP contribution in [0.15, 0.2) is 36.7 Å². The van der Waals surface area contributed by atoms with Crippen LogP contribution < -0.4 is 10.2 Å². The largest absolute Gasteiger partial charge is 0.352 e. The zero-order valence-corrected chi connectivity index (χ0v) is 12.0. The van der Waals surface area contributed by atoms with Crippen molar-refractivity contribution in [2.45, 2.75) is 6.92 Å². The van der Waals surface area contributed by atoms with Crippen molar-refractivity contribution in [3.8, 4) is 0 Å². The van der Waals surface area contributed by atoms with Crippen molar-refractivity contribution >= 4 is 11.6 Å². The minimum Gasteiger partial charge on any atom is -0.352 e. The summed E-state index contributed by atoms with van der Waals surface area (Å²) in [6, 6.07) is 7.56. The minimum absolute atomic E-state index is 0.0726. The lowest BCUT2D eigenvalue weighted by atomic mass is 10.1. The molecule has 5 nitrogen and oxygen atoms in total. The van der Waals surface area contributed by atoms with Crippen molar-refractivity contribution < 1.29 is 4.79 Å². The van der Waals surface area contributed by atoms with Crippen LogP contribution >= 0.6 is 0 Å². The average molecular weight is 282 g/mol. The van der Waals surface area contributed by atoms with Gasteiger partial charge in [0.1, 0.15) is 0 Å². The van der Waals surface area contributed by atoms with Crippen LogP contribution in [0.3, 0.4) is 0 Å². The summed E-state index contributed by atoms with van der Waals surface area (Å²) >= 11 is 0. The summed E-state index contributed by atoms with van der Waals surface area (Å²) in [5.74, 6) is 0.612. The van der Waals surface area contributed by atoms with Gasteiger partial charge in [0, 0.05) is 44.1 Å². The Hall–Kier alpha value is -2.27. The first-order valence-electron chi connectivity index (χ1n) is 7.14. The molecule has 0 bridgehead atoms. The maximum Gasteiger partial charge on any atom is 0.215 e. The lowest BCUT2D eigenvalue weighted by Crippen LogP contribution is -2.44. The summed E-state index contributed by atoms with van der Waals surface area (Å²) in [5, 5.41) is 3.30. The van der Waals surface area contributed by atoms with Gasteiger partial charge in [0.25, 0.3) is 0 Å². The van der Waals surface area contributed by atoms with Gasteiger partial charge < -0.3 is 10.2 Å². The van der Waals surface area contributed by atoms with Gasteiger partial charge in [-0.05, 0) is 6.92 Å². The van der Waals surface area contributed by atoms with Gasteiger partial charge in [-0.25, -0.2) is 9.97 Å². The number of aromatic nitrogens is 2. The third-order valence-corrected chi connectivity index (χ3v) is 3.62. The van der Waals surface area contributed by atoms with Crippen LogP contribution in [-0.4, -0.2) is 41.9 Å². The summed E-state index contributed by atoms with van der Waals surface area (Å²) in [4.78, 5) is 23.5. The topological polar surface area (TPSA) is 58.1 Å². The Morgan fingerprint density at radius 3 is 2.48 bits per heavy atom. The van der Waals surface area contributed by atoms with Crippen molar-refractivity contribution in [1.29, 1.82) is 0 Å². The van der Waals surface area contributed by atoms with Gasteiger partial charge in [0.2, 0.25) is 5.78 Å². The monoisotopic (exact) mass is 282 g/mol. The van der Waals surface area contributed by atoms with E-state index in [9.17, 15) is 4.79 Å². The molecule has 1 aliphatic heterocycles. The number of carbonyl (C=O) groups excluding carboxylic acids is 1. The van der Waals surface area contributed by atoms with Crippen LogP contribution in [-0.2, 0) is 0 Å². The number of rotatable bonds is 3. The molecule has 0 radical (unpaired) electrons. The third-order valence-electron chi connectivity index (χ3n) is 3.62. The zero-order valence-electron chi connectivity index (χ0n) is 12.0. The molecule has 1 aromatic heterocycles. The van der Waals surface area contributed by atoms with Crippen molar-refractivity contribution in [3.05, 3.63) is 53.5 Å². The second kappa shape index (κ2) is 6.01. The Labute approximate surface area is 124 Å². The van der Waals surface area contributed by atoms with Gasteiger partial charge in [-0.3, -0.25) is 4.79 Å². The number of hydrogen-bond donors (Lipinski definition) is 1. The standard InChI is InChI=1S/C16H18N4O/c1-12-2-4-13(5-3-12)15(21)14-16(19-7-6-18-14)20-10-8-17-9-11-20/h2-7,17H,8-11H2,1H3. The summed E-state index contributed by atoms with van der Waals surface area (Å²) in [5.41, 5.74) is 2.22. The molecule has 2 aromatic rings. The molecular formula is C16H18N4O. The molecular weight excluding hydrogens is 264 g/mol. The van der Waals surface area contributed by atoms with Crippen LogP contribution in [0.4, 0.5) is 5.82 Å². The third kappa shape index (κ3) is 2.92. The van der Waals surface area contributed by atoms with Crippen molar-refractivity contribution in [2.24, 2.45) is 0 Å². The number of hydrogen-bond acceptors (Lipinski definition) is 5. The van der Waals surface area contributed by atoms with Crippen LogP contribution in [0.5, 0.6) is 0 Å². The maximum atomic E-state index is 12.7. The zero-order chi connectivity index (χ0) is 14.7. The molecule has 0 spiro atoms. The van der Waals surface area contributed by atoms with E-state index in [0.29, 0.717) is 17.1 Å². The molecule has 0 saturated carbocycles. The number of piperazine rings is 1. The second-order valence-electron chi connectivity index (χ2n) is 5.16. The molecule has 2 heterocycles. The molecule has 1 saturated heterocycles. The Bertz CT molecular complexity index is 633. The van der Waals surface area contributed by atoms with E-state index in [0.717, 1.165) is 31.7 Å². The normalized spacial score (nSPS) is 15.0. The Kier molecular flexibility index (Phi) is 3.92. The van der Waals surface area contributed by atoms with E-state index in [4.69, 9.17) is 0 Å². The van der Waals surface area contributed by atoms with Crippen LogP contribution in [0.1, 0.15) is 21.6 Å². The fourth-order valence-electron chi connectivity index (χ4n) is 2.44. The molecule has 3 rings (SSSR count). The van der Waals surface area contributed by atoms with E-state index in [1.807, 2.05) is 31.2 Å². The number of nitrogens with zero attached hydrogens (tertiary/aromatic N) is 3. The Morgan fingerprint density at radius 2 is 1.76 bits per heavy atom. The lowest BCUT2D eigenvalue weighted by molar-refractivity contribution is 0.103. The first kappa shape index (κ1) is 13.7. The summed E-state index contributed by atoms with van der Waals surface area (Å²) in [6.45, 7) is 5.48. The van der Waals surface area contributed by atoms with Crippen LogP contribution in [0, 0.1) is 6.92 Å². The minimum atomic E-state index is -0.0726. The SMILES string of the molecule is Cc1ccc(C(=O)c2nccnc2N2CCNCC2)cc1. The Balaban J connectivity index is 1.94. The molecule has 0 aliphatic carbocycles. The summed E-state index contributed by atoms with van der Waals surface area (Å²) < 4.78 is 0. The first-order chi connectivity index (χ1) is 10.3. The number of benzene rings is 1. The first-order valence-corrected chi connectivity index (χ1v) is 7.14. The number of aryl methyl sites for hydroxylation is 1. The van der Waals surface area contributed by atoms with Gasteiger partial charge >= 0.3 is 0 Å². The summed E-state index contributed by atoms with van der Waals surface area (Å²) in [7, 11) is 0. The summed E-state index contributed by atoms with van der Waals surface area (Å²) in [6.07, 6.45) is 3.22. The maximum absolute atomic E-state index is 12.7. The van der Waals surface area contributed by atoms with Gasteiger partial charge in [0.05, 0.1) is 0 Å². The predicted octanol–water partition coefficient (Wildman–Crippen LogP) is 1.43. The molecule has 0 unspecified atom stereocenters. The highest BCUT2D eigenvalue weighted by molar-refractivity contribution is 6.10. The number of nitrogens with one attached hydrogen (secondary N) is 1. The molecule has 21 heavy (non-hydrogen) atoms. The predicted molar refractivity (Wildman–Crippen MR) is 81.7 cm³/mol. The highest BCUT2D eigenvalue weighted by Gasteiger charge is 2.21. The molecule has 5 heteroatoms. The number of carbonyl (C=O) groups is 1. The quantitative estimate of drug-likeness (QED) is 0.863. The van der Waals surface area contributed by atoms with Gasteiger partial charge in [-0.1, -0.05) is 29.8 Å². The van der Waals surface area contributed by atoms with Crippen LogP contribution in [0.2, 0.25) is 0 Å². The fraction of sp³-hybridized carbons (Fsp3) is 0.312. The van der Waals surface area contributed by atoms with E-state index < -0.39 is 0 Å². The van der Waals surface area contributed by atoms with Gasteiger partial charge in [-0.15, -0.1) is 0 Å². The molecule has 1 fully saturated rings. The van der Waals surface area contributed by atoms with Crippen molar-refractivity contribution in [2.75, 3.05) is 31.1 Å². The lowest BCUT2D eigenvalue weighted by Gasteiger charge is -2.29. The molecule has 1 aromatic carbocycles. The van der Waals surface area contributed by atoms with Gasteiger partial charge in [0.15, 0.2) is 11.5 Å². The molecule has 0 amide bonds.